The lowest BCUT2D eigenvalue weighted by Gasteiger charge is -2.01. The molecule has 17 heavy (non-hydrogen) atoms. The fourth-order valence-electron chi connectivity index (χ4n) is 1.45. The van der Waals surface area contributed by atoms with Crippen molar-refractivity contribution in [1.29, 1.82) is 0 Å². The Kier molecular flexibility index (Phi) is 3.91. The first-order valence-electron chi connectivity index (χ1n) is 5.44. The molecule has 0 aliphatic carbocycles. The summed E-state index contributed by atoms with van der Waals surface area (Å²) in [5, 5.41) is 7.04. The molecule has 0 aliphatic heterocycles. The highest BCUT2D eigenvalue weighted by molar-refractivity contribution is 9.10. The summed E-state index contributed by atoms with van der Waals surface area (Å²) in [7, 11) is 1.86. The van der Waals surface area contributed by atoms with Gasteiger partial charge in [0.15, 0.2) is 5.82 Å². The predicted octanol–water partition coefficient (Wildman–Crippen LogP) is 2.70. The van der Waals surface area contributed by atoms with E-state index < -0.39 is 0 Å². The monoisotopic (exact) mass is 295 g/mol. The summed E-state index contributed by atoms with van der Waals surface area (Å²) >= 11 is 3.50. The molecule has 0 amide bonds. The first kappa shape index (κ1) is 12.3. The summed E-state index contributed by atoms with van der Waals surface area (Å²) in [6.45, 7) is 1.98. The summed E-state index contributed by atoms with van der Waals surface area (Å²) in [6, 6.07) is 8.11. The number of nitrogens with one attached hydrogen (secondary N) is 1. The van der Waals surface area contributed by atoms with Gasteiger partial charge in [-0.25, -0.2) is 0 Å². The van der Waals surface area contributed by atoms with Gasteiger partial charge in [0.25, 0.3) is 0 Å². The van der Waals surface area contributed by atoms with E-state index in [1.54, 1.807) is 0 Å². The van der Waals surface area contributed by atoms with Crippen molar-refractivity contribution < 1.29 is 4.52 Å². The average molecular weight is 296 g/mol. The molecule has 4 nitrogen and oxygen atoms in total. The number of nitrogens with zero attached hydrogens (tertiary/aromatic N) is 2. The molecule has 1 unspecified atom stereocenters. The molecule has 0 radical (unpaired) electrons. The molecular weight excluding hydrogens is 282 g/mol. The number of halogens is 1. The van der Waals surface area contributed by atoms with Gasteiger partial charge in [0.05, 0.1) is 6.04 Å². The smallest absolute Gasteiger partial charge is 0.243 e. The van der Waals surface area contributed by atoms with Crippen LogP contribution in [0.1, 0.15) is 30.2 Å². The minimum Gasteiger partial charge on any atom is -0.338 e. The molecule has 2 aromatic rings. The van der Waals surface area contributed by atoms with Gasteiger partial charge in [-0.3, -0.25) is 0 Å². The molecule has 0 fully saturated rings. The van der Waals surface area contributed by atoms with E-state index in [0.29, 0.717) is 18.1 Å². The normalized spacial score (nSPS) is 12.6. The maximum absolute atomic E-state index is 5.19. The van der Waals surface area contributed by atoms with Crippen LogP contribution >= 0.6 is 15.9 Å². The van der Waals surface area contributed by atoms with Gasteiger partial charge in [0.1, 0.15) is 0 Å². The van der Waals surface area contributed by atoms with Crippen LogP contribution in [0.15, 0.2) is 33.3 Å². The average Bonchev–Trinajstić information content (AvgIpc) is 2.80. The third kappa shape index (κ3) is 2.92. The maximum atomic E-state index is 5.19. The van der Waals surface area contributed by atoms with Crippen LogP contribution in [0, 0.1) is 0 Å². The van der Waals surface area contributed by atoms with Crippen LogP contribution in [0.4, 0.5) is 0 Å². The van der Waals surface area contributed by atoms with E-state index in [-0.39, 0.29) is 6.04 Å². The SMILES string of the molecule is CNC(C)c1nc(Cc2ccccc2Br)no1. The van der Waals surface area contributed by atoms with Crippen molar-refractivity contribution in [2.24, 2.45) is 0 Å². The molecule has 90 valence electrons. The molecule has 0 saturated carbocycles. The molecule has 1 atom stereocenters. The van der Waals surface area contributed by atoms with E-state index >= 15 is 0 Å². The van der Waals surface area contributed by atoms with Crippen molar-refractivity contribution in [3.8, 4) is 0 Å². The summed E-state index contributed by atoms with van der Waals surface area (Å²) < 4.78 is 6.25. The van der Waals surface area contributed by atoms with E-state index in [9.17, 15) is 0 Å². The first-order valence-corrected chi connectivity index (χ1v) is 6.23. The Bertz CT molecular complexity index is 498. The molecule has 0 aliphatic rings. The van der Waals surface area contributed by atoms with Gasteiger partial charge in [0, 0.05) is 10.9 Å². The minimum atomic E-state index is 0.0791. The summed E-state index contributed by atoms with van der Waals surface area (Å²) in [4.78, 5) is 4.36. The van der Waals surface area contributed by atoms with Gasteiger partial charge in [-0.05, 0) is 25.6 Å². The zero-order valence-electron chi connectivity index (χ0n) is 9.77. The van der Waals surface area contributed by atoms with Gasteiger partial charge in [0.2, 0.25) is 5.89 Å². The van der Waals surface area contributed by atoms with Crippen molar-refractivity contribution >= 4 is 15.9 Å². The lowest BCUT2D eigenvalue weighted by molar-refractivity contribution is 0.344. The number of hydrogen-bond acceptors (Lipinski definition) is 4. The maximum Gasteiger partial charge on any atom is 0.243 e. The lowest BCUT2D eigenvalue weighted by atomic mass is 10.1. The molecule has 5 heteroatoms. The standard InChI is InChI=1S/C12H14BrN3O/c1-8(14-2)12-15-11(16-17-12)7-9-5-3-4-6-10(9)13/h3-6,8,14H,7H2,1-2H3. The van der Waals surface area contributed by atoms with Gasteiger partial charge in [-0.2, -0.15) is 4.98 Å². The second-order valence-electron chi connectivity index (χ2n) is 3.83. The second kappa shape index (κ2) is 5.42. The van der Waals surface area contributed by atoms with Crippen LogP contribution in [-0.2, 0) is 6.42 Å². The minimum absolute atomic E-state index is 0.0791. The Hall–Kier alpha value is -1.20. The van der Waals surface area contributed by atoms with E-state index in [1.165, 1.54) is 0 Å². The Morgan fingerprint density at radius 3 is 2.88 bits per heavy atom. The largest absolute Gasteiger partial charge is 0.338 e. The van der Waals surface area contributed by atoms with Crippen molar-refractivity contribution in [3.05, 3.63) is 46.0 Å². The van der Waals surface area contributed by atoms with Crippen molar-refractivity contribution in [1.82, 2.24) is 15.5 Å². The molecule has 1 N–H and O–H groups in total. The molecule has 0 bridgehead atoms. The topological polar surface area (TPSA) is 51.0 Å². The van der Waals surface area contributed by atoms with Crippen LogP contribution < -0.4 is 5.32 Å². The lowest BCUT2D eigenvalue weighted by Crippen LogP contribution is -2.12. The molecule has 1 aromatic carbocycles. The Morgan fingerprint density at radius 2 is 2.18 bits per heavy atom. The summed E-state index contributed by atoms with van der Waals surface area (Å²) in [6.07, 6.45) is 0.668. The van der Waals surface area contributed by atoms with Crippen LogP contribution in [0.2, 0.25) is 0 Å². The highest BCUT2D eigenvalue weighted by Gasteiger charge is 2.13. The number of aromatic nitrogens is 2. The van der Waals surface area contributed by atoms with Crippen LogP contribution in [0.5, 0.6) is 0 Å². The highest BCUT2D eigenvalue weighted by atomic mass is 79.9. The molecule has 2 rings (SSSR count). The Labute approximate surface area is 109 Å². The molecule has 0 saturated heterocycles. The van der Waals surface area contributed by atoms with Gasteiger partial charge < -0.3 is 9.84 Å². The third-order valence-corrected chi connectivity index (χ3v) is 3.37. The van der Waals surface area contributed by atoms with Gasteiger partial charge in [-0.1, -0.05) is 39.3 Å². The van der Waals surface area contributed by atoms with Crippen LogP contribution in [-0.4, -0.2) is 17.2 Å². The van der Waals surface area contributed by atoms with Crippen LogP contribution in [0.3, 0.4) is 0 Å². The van der Waals surface area contributed by atoms with Crippen LogP contribution in [0.25, 0.3) is 0 Å². The number of rotatable bonds is 4. The number of benzene rings is 1. The zero-order valence-corrected chi connectivity index (χ0v) is 11.4. The summed E-state index contributed by atoms with van der Waals surface area (Å²) in [5.74, 6) is 1.32. The molecule has 1 heterocycles. The first-order chi connectivity index (χ1) is 8.20. The number of hydrogen-bond donors (Lipinski definition) is 1. The van der Waals surface area contributed by atoms with E-state index in [2.05, 4.69) is 31.4 Å². The third-order valence-electron chi connectivity index (χ3n) is 2.59. The molecule has 0 spiro atoms. The van der Waals surface area contributed by atoms with E-state index in [4.69, 9.17) is 4.52 Å². The summed E-state index contributed by atoms with van der Waals surface area (Å²) in [5.41, 5.74) is 1.15. The highest BCUT2D eigenvalue weighted by Crippen LogP contribution is 2.19. The fourth-order valence-corrected chi connectivity index (χ4v) is 1.88. The van der Waals surface area contributed by atoms with Crippen molar-refractivity contribution in [2.45, 2.75) is 19.4 Å². The fraction of sp³-hybridized carbons (Fsp3) is 0.333. The zero-order chi connectivity index (χ0) is 12.3. The Morgan fingerprint density at radius 1 is 1.41 bits per heavy atom. The Balaban J connectivity index is 2.14. The quantitative estimate of drug-likeness (QED) is 0.942. The molecule has 1 aromatic heterocycles. The molecular formula is C12H14BrN3O. The van der Waals surface area contributed by atoms with E-state index in [0.717, 1.165) is 10.0 Å². The van der Waals surface area contributed by atoms with Crippen molar-refractivity contribution in [3.63, 3.8) is 0 Å². The second-order valence-corrected chi connectivity index (χ2v) is 4.68. The van der Waals surface area contributed by atoms with Gasteiger partial charge in [-0.15, -0.1) is 0 Å². The van der Waals surface area contributed by atoms with E-state index in [1.807, 2.05) is 38.2 Å². The predicted molar refractivity (Wildman–Crippen MR) is 68.7 cm³/mol. The van der Waals surface area contributed by atoms with Gasteiger partial charge >= 0.3 is 0 Å². The van der Waals surface area contributed by atoms with Crippen molar-refractivity contribution in [2.75, 3.05) is 7.05 Å².